The van der Waals surface area contributed by atoms with Gasteiger partial charge in [-0.3, -0.25) is 13.5 Å². The molecule has 13 heteroatoms. The van der Waals surface area contributed by atoms with Gasteiger partial charge in [-0.25, -0.2) is 0 Å². The highest BCUT2D eigenvalue weighted by atomic mass is 32.2. The summed E-state index contributed by atoms with van der Waals surface area (Å²) < 4.78 is 75.5. The van der Waals surface area contributed by atoms with Crippen LogP contribution in [-0.4, -0.2) is 53.5 Å². The maximum absolute atomic E-state index is 12.5. The van der Waals surface area contributed by atoms with Crippen molar-refractivity contribution in [3.05, 3.63) is 22.6 Å². The van der Waals surface area contributed by atoms with E-state index in [2.05, 4.69) is 9.17 Å². The van der Waals surface area contributed by atoms with Crippen molar-refractivity contribution in [1.29, 1.82) is 0 Å². The maximum Gasteiger partial charge on any atom is 0.523 e. The lowest BCUT2D eigenvalue weighted by Gasteiger charge is -2.30. The highest BCUT2D eigenvalue weighted by molar-refractivity contribution is 7.87. The van der Waals surface area contributed by atoms with Gasteiger partial charge in [0.1, 0.15) is 6.10 Å². The third kappa shape index (κ3) is 2.58. The Morgan fingerprint density at radius 1 is 1.43 bits per heavy atom. The second kappa shape index (κ2) is 5.15. The molecule has 0 aliphatic carbocycles. The summed E-state index contributed by atoms with van der Waals surface area (Å²) in [6, 6.07) is 0.714. The van der Waals surface area contributed by atoms with Gasteiger partial charge in [-0.05, 0) is 0 Å². The van der Waals surface area contributed by atoms with Crippen molar-refractivity contribution >= 4 is 10.1 Å². The molecule has 128 valence electrons. The summed E-state index contributed by atoms with van der Waals surface area (Å²) in [5, 5.41) is 9.20. The lowest BCUT2D eigenvalue weighted by Crippen LogP contribution is -2.47. The van der Waals surface area contributed by atoms with Gasteiger partial charge in [0.05, 0.1) is 6.61 Å². The van der Waals surface area contributed by atoms with E-state index in [0.29, 0.717) is 0 Å². The van der Waals surface area contributed by atoms with E-state index in [1.807, 2.05) is 0 Å². The Labute approximate surface area is 126 Å². The number of aliphatic hydroxyl groups excluding tert-OH is 1. The summed E-state index contributed by atoms with van der Waals surface area (Å²) in [6.07, 6.45) is -4.47. The van der Waals surface area contributed by atoms with Crippen LogP contribution in [0.3, 0.4) is 0 Å². The van der Waals surface area contributed by atoms with E-state index in [1.165, 1.54) is 0 Å². The minimum atomic E-state index is -5.90. The van der Waals surface area contributed by atoms with Crippen molar-refractivity contribution in [1.82, 2.24) is 9.55 Å². The molecule has 0 unspecified atom stereocenters. The minimum Gasteiger partial charge on any atom is -0.455 e. The molecule has 1 aromatic heterocycles. The molecular formula is C10H9F3N2O7S. The third-order valence-electron chi connectivity index (χ3n) is 3.31. The minimum absolute atomic E-state index is 0.271. The number of alkyl halides is 3. The number of aromatic nitrogens is 2. The van der Waals surface area contributed by atoms with Crippen molar-refractivity contribution in [2.45, 2.75) is 30.0 Å². The maximum atomic E-state index is 12.5. The van der Waals surface area contributed by atoms with Crippen LogP contribution in [0.1, 0.15) is 6.23 Å². The van der Waals surface area contributed by atoms with Gasteiger partial charge in [0.2, 0.25) is 0 Å². The molecule has 4 atom stereocenters. The van der Waals surface area contributed by atoms with Crippen LogP contribution in [0.2, 0.25) is 0 Å². The van der Waals surface area contributed by atoms with E-state index in [1.54, 1.807) is 0 Å². The van der Waals surface area contributed by atoms with E-state index in [-0.39, 0.29) is 6.01 Å². The molecule has 0 amide bonds. The Balaban J connectivity index is 1.99. The van der Waals surface area contributed by atoms with Crippen molar-refractivity contribution in [2.24, 2.45) is 0 Å². The SMILES string of the molecule is O=c1ccn2c(n1)O[C@H]1[C@@H](OS(=O)(=O)C(F)(F)F)[C@@H]2O[C@@H]1CO. The number of halogens is 3. The van der Waals surface area contributed by atoms with Crippen LogP contribution in [-0.2, 0) is 19.0 Å². The van der Waals surface area contributed by atoms with Gasteiger partial charge < -0.3 is 14.6 Å². The van der Waals surface area contributed by atoms with Crippen molar-refractivity contribution in [2.75, 3.05) is 6.61 Å². The van der Waals surface area contributed by atoms with Crippen LogP contribution in [0.5, 0.6) is 6.01 Å². The Morgan fingerprint density at radius 3 is 2.74 bits per heavy atom. The topological polar surface area (TPSA) is 117 Å². The number of fused-ring (bicyclic) bond motifs is 4. The molecule has 2 aliphatic heterocycles. The molecule has 23 heavy (non-hydrogen) atoms. The smallest absolute Gasteiger partial charge is 0.455 e. The Kier molecular flexibility index (Phi) is 3.62. The summed E-state index contributed by atoms with van der Waals surface area (Å²) >= 11 is 0. The van der Waals surface area contributed by atoms with Crippen LogP contribution in [0.25, 0.3) is 0 Å². The van der Waals surface area contributed by atoms with Crippen LogP contribution < -0.4 is 10.3 Å². The highest BCUT2D eigenvalue weighted by Gasteiger charge is 2.58. The Hall–Kier alpha value is -1.70. The van der Waals surface area contributed by atoms with Crippen molar-refractivity contribution in [3.63, 3.8) is 0 Å². The Morgan fingerprint density at radius 2 is 2.13 bits per heavy atom. The molecule has 1 fully saturated rings. The van der Waals surface area contributed by atoms with Crippen LogP contribution >= 0.6 is 0 Å². The number of hydrogen-bond acceptors (Lipinski definition) is 8. The third-order valence-corrected chi connectivity index (χ3v) is 4.35. The predicted molar refractivity (Wildman–Crippen MR) is 63.8 cm³/mol. The fourth-order valence-electron chi connectivity index (χ4n) is 2.32. The second-order valence-electron chi connectivity index (χ2n) is 4.75. The highest BCUT2D eigenvalue weighted by Crippen LogP contribution is 2.41. The van der Waals surface area contributed by atoms with Gasteiger partial charge in [-0.2, -0.15) is 26.6 Å². The lowest BCUT2D eigenvalue weighted by atomic mass is 10.1. The second-order valence-corrected chi connectivity index (χ2v) is 6.31. The molecule has 0 saturated carbocycles. The van der Waals surface area contributed by atoms with Gasteiger partial charge >= 0.3 is 21.6 Å². The molecule has 1 saturated heterocycles. The van der Waals surface area contributed by atoms with E-state index in [0.717, 1.165) is 16.8 Å². The van der Waals surface area contributed by atoms with E-state index in [4.69, 9.17) is 9.47 Å². The first kappa shape index (κ1) is 16.2. The normalized spacial score (nSPS) is 29.9. The first-order chi connectivity index (χ1) is 10.6. The average Bonchev–Trinajstić information content (AvgIpc) is 2.67. The van der Waals surface area contributed by atoms with Crippen LogP contribution in [0.4, 0.5) is 13.2 Å². The average molecular weight is 358 g/mol. The van der Waals surface area contributed by atoms with Gasteiger partial charge in [0.25, 0.3) is 5.56 Å². The van der Waals surface area contributed by atoms with Gasteiger partial charge in [-0.15, -0.1) is 0 Å². The quantitative estimate of drug-likeness (QED) is 0.547. The summed E-state index contributed by atoms with van der Waals surface area (Å²) in [5.74, 6) is 0. The molecule has 2 aliphatic rings. The van der Waals surface area contributed by atoms with Crippen molar-refractivity contribution in [3.8, 4) is 6.01 Å². The number of rotatable bonds is 3. The molecule has 1 aromatic rings. The standard InChI is InChI=1S/C10H9F3N2O7S/c11-10(12,13)23(18,19)22-7-6-4(3-16)20-8(7)15-2-1-5(17)14-9(15)21-6/h1-2,4,6-8,16H,3H2/t4-,6-,7-,8+/m1/s1. The number of nitrogens with zero attached hydrogens (tertiary/aromatic N) is 2. The molecule has 2 bridgehead atoms. The molecule has 3 rings (SSSR count). The van der Waals surface area contributed by atoms with E-state index >= 15 is 0 Å². The monoisotopic (exact) mass is 358 g/mol. The fourth-order valence-corrected chi connectivity index (χ4v) is 2.93. The summed E-state index contributed by atoms with van der Waals surface area (Å²) in [4.78, 5) is 14.7. The summed E-state index contributed by atoms with van der Waals surface area (Å²) in [7, 11) is -5.90. The number of ether oxygens (including phenoxy) is 2. The van der Waals surface area contributed by atoms with Gasteiger partial charge in [0.15, 0.2) is 18.4 Å². The first-order valence-electron chi connectivity index (χ1n) is 6.16. The van der Waals surface area contributed by atoms with Crippen molar-refractivity contribution < 1.29 is 40.4 Å². The number of aliphatic hydroxyl groups is 1. The first-order valence-corrected chi connectivity index (χ1v) is 7.56. The molecule has 0 radical (unpaired) electrons. The molecule has 0 aromatic carbocycles. The predicted octanol–water partition coefficient (Wildman–Crippen LogP) is -0.871. The fraction of sp³-hybridized carbons (Fsp3) is 0.600. The molecule has 3 heterocycles. The lowest BCUT2D eigenvalue weighted by molar-refractivity contribution is -0.0759. The molecule has 9 nitrogen and oxygen atoms in total. The molecule has 1 N–H and O–H groups in total. The molecular weight excluding hydrogens is 349 g/mol. The van der Waals surface area contributed by atoms with Gasteiger partial charge in [-0.1, -0.05) is 0 Å². The molecule has 0 spiro atoms. The zero-order valence-corrected chi connectivity index (χ0v) is 11.8. The van der Waals surface area contributed by atoms with E-state index < -0.39 is 52.3 Å². The van der Waals surface area contributed by atoms with Crippen LogP contribution in [0.15, 0.2) is 17.1 Å². The number of hydrogen-bond donors (Lipinski definition) is 1. The Bertz CT molecular complexity index is 777. The zero-order valence-electron chi connectivity index (χ0n) is 11.0. The van der Waals surface area contributed by atoms with E-state index in [9.17, 15) is 31.5 Å². The summed E-state index contributed by atoms with van der Waals surface area (Å²) in [5.41, 5.74) is -6.29. The van der Waals surface area contributed by atoms with Gasteiger partial charge in [0, 0.05) is 12.3 Å². The summed E-state index contributed by atoms with van der Waals surface area (Å²) in [6.45, 7) is -0.661. The zero-order chi connectivity index (χ0) is 17.0. The van der Waals surface area contributed by atoms with Crippen LogP contribution in [0, 0.1) is 0 Å². The largest absolute Gasteiger partial charge is 0.523 e.